The predicted molar refractivity (Wildman–Crippen MR) is 90.7 cm³/mol. The number of Topliss-reactive ketones (excluding diaryl/α,β-unsaturated/α-hetero) is 1. The van der Waals surface area contributed by atoms with Gasteiger partial charge in [0.2, 0.25) is 5.78 Å². The third-order valence-electron chi connectivity index (χ3n) is 4.20. The van der Waals surface area contributed by atoms with Crippen LogP contribution in [0, 0.1) is 5.92 Å². The van der Waals surface area contributed by atoms with E-state index in [4.69, 9.17) is 14.2 Å². The van der Waals surface area contributed by atoms with E-state index in [9.17, 15) is 9.59 Å². The number of esters is 1. The van der Waals surface area contributed by atoms with Crippen LogP contribution in [0.1, 0.15) is 28.8 Å². The van der Waals surface area contributed by atoms with Crippen molar-refractivity contribution < 1.29 is 23.8 Å². The first-order valence-electron chi connectivity index (χ1n) is 8.09. The van der Waals surface area contributed by atoms with Crippen LogP contribution in [-0.4, -0.2) is 18.9 Å². The molecule has 5 nitrogen and oxygen atoms in total. The Hall–Kier alpha value is -3.08. The maximum Gasteiger partial charge on any atom is 0.314 e. The highest BCUT2D eigenvalue weighted by molar-refractivity contribution is 6.14. The molecule has 0 amide bonds. The molecule has 1 fully saturated rings. The zero-order chi connectivity index (χ0) is 17.4. The van der Waals surface area contributed by atoms with Gasteiger partial charge in [0, 0.05) is 11.6 Å². The number of hydrogen-bond acceptors (Lipinski definition) is 5. The minimum Gasteiger partial charge on any atom is -0.496 e. The maximum atomic E-state index is 12.5. The van der Waals surface area contributed by atoms with Crippen molar-refractivity contribution in [1.29, 1.82) is 0 Å². The van der Waals surface area contributed by atoms with Gasteiger partial charge in [-0.1, -0.05) is 18.2 Å². The number of fused-ring (bicyclic) bond motifs is 1. The van der Waals surface area contributed by atoms with E-state index >= 15 is 0 Å². The number of allylic oxidation sites excluding steroid dienone is 1. The lowest BCUT2D eigenvalue weighted by Crippen LogP contribution is -2.09. The van der Waals surface area contributed by atoms with Gasteiger partial charge in [0.25, 0.3) is 0 Å². The lowest BCUT2D eigenvalue weighted by molar-refractivity contribution is -0.135. The minimum atomic E-state index is -0.228. The quantitative estimate of drug-likeness (QED) is 0.485. The topological polar surface area (TPSA) is 61.8 Å². The first-order valence-corrected chi connectivity index (χ1v) is 8.09. The molecular weight excluding hydrogens is 320 g/mol. The fourth-order valence-corrected chi connectivity index (χ4v) is 2.68. The SMILES string of the molecule is COc1ccccc1/C=C1/Oc2cc(OC(=O)C3CC3)ccc2C1=O. The van der Waals surface area contributed by atoms with Gasteiger partial charge in [-0.3, -0.25) is 9.59 Å². The van der Waals surface area contributed by atoms with Crippen molar-refractivity contribution in [2.45, 2.75) is 12.8 Å². The molecule has 0 bridgehead atoms. The molecule has 4 rings (SSSR count). The fraction of sp³-hybridized carbons (Fsp3) is 0.200. The zero-order valence-corrected chi connectivity index (χ0v) is 13.7. The van der Waals surface area contributed by atoms with Crippen molar-refractivity contribution in [1.82, 2.24) is 0 Å². The van der Waals surface area contributed by atoms with Crippen LogP contribution < -0.4 is 14.2 Å². The van der Waals surface area contributed by atoms with Gasteiger partial charge in [-0.25, -0.2) is 0 Å². The maximum absolute atomic E-state index is 12.5. The first kappa shape index (κ1) is 15.4. The van der Waals surface area contributed by atoms with E-state index in [0.29, 0.717) is 22.8 Å². The van der Waals surface area contributed by atoms with Gasteiger partial charge in [-0.2, -0.15) is 0 Å². The Bertz CT molecular complexity index is 893. The normalized spacial score (nSPS) is 17.2. The number of benzene rings is 2. The summed E-state index contributed by atoms with van der Waals surface area (Å²) in [5.74, 6) is 1.23. The predicted octanol–water partition coefficient (Wildman–Crippen LogP) is 3.63. The summed E-state index contributed by atoms with van der Waals surface area (Å²) in [5, 5.41) is 0. The van der Waals surface area contributed by atoms with Crippen molar-refractivity contribution in [2.24, 2.45) is 5.92 Å². The third-order valence-corrected chi connectivity index (χ3v) is 4.20. The van der Waals surface area contributed by atoms with Crippen molar-refractivity contribution in [3.8, 4) is 17.2 Å². The number of para-hydroxylation sites is 1. The molecule has 0 aromatic heterocycles. The number of carbonyl (C=O) groups excluding carboxylic acids is 2. The Morgan fingerprint density at radius 3 is 2.76 bits per heavy atom. The second-order valence-electron chi connectivity index (χ2n) is 6.04. The molecule has 25 heavy (non-hydrogen) atoms. The van der Waals surface area contributed by atoms with Crippen molar-refractivity contribution in [3.05, 3.63) is 59.4 Å². The summed E-state index contributed by atoms with van der Waals surface area (Å²) in [5.41, 5.74) is 1.20. The molecular formula is C20H16O5. The molecule has 126 valence electrons. The Morgan fingerprint density at radius 1 is 1.20 bits per heavy atom. The molecule has 2 aromatic rings. The van der Waals surface area contributed by atoms with Crippen LogP contribution in [0.25, 0.3) is 6.08 Å². The smallest absolute Gasteiger partial charge is 0.314 e. The van der Waals surface area contributed by atoms with Gasteiger partial charge in [-0.05, 0) is 37.1 Å². The molecule has 0 N–H and O–H groups in total. The lowest BCUT2D eigenvalue weighted by atomic mass is 10.1. The molecule has 0 unspecified atom stereocenters. The molecule has 2 aromatic carbocycles. The largest absolute Gasteiger partial charge is 0.496 e. The van der Waals surface area contributed by atoms with Crippen molar-refractivity contribution >= 4 is 17.8 Å². The molecule has 0 atom stereocenters. The fourth-order valence-electron chi connectivity index (χ4n) is 2.68. The molecule has 0 saturated heterocycles. The number of ether oxygens (including phenoxy) is 3. The van der Waals surface area contributed by atoms with E-state index in [1.165, 1.54) is 0 Å². The monoisotopic (exact) mass is 336 g/mol. The highest BCUT2D eigenvalue weighted by atomic mass is 16.5. The summed E-state index contributed by atoms with van der Waals surface area (Å²) in [6.45, 7) is 0. The number of carbonyl (C=O) groups is 2. The van der Waals surface area contributed by atoms with E-state index < -0.39 is 0 Å². The Morgan fingerprint density at radius 2 is 2.00 bits per heavy atom. The van der Waals surface area contributed by atoms with Crippen LogP contribution in [-0.2, 0) is 4.79 Å². The number of rotatable bonds is 4. The summed E-state index contributed by atoms with van der Waals surface area (Å²) in [6, 6.07) is 12.2. The van der Waals surface area contributed by atoms with E-state index in [0.717, 1.165) is 18.4 Å². The number of ketones is 1. The standard InChI is InChI=1S/C20H16O5/c1-23-16-5-3-2-4-13(16)10-18-19(21)15-9-8-14(11-17(15)25-18)24-20(22)12-6-7-12/h2-5,8-12H,6-7H2,1H3/b18-10+. The molecule has 2 aliphatic rings. The molecule has 1 heterocycles. The van der Waals surface area contributed by atoms with E-state index in [1.54, 1.807) is 31.4 Å². The van der Waals surface area contributed by atoms with Gasteiger partial charge in [-0.15, -0.1) is 0 Å². The van der Waals surface area contributed by atoms with Gasteiger partial charge in [0.1, 0.15) is 17.2 Å². The second kappa shape index (κ2) is 6.09. The summed E-state index contributed by atoms with van der Waals surface area (Å²) < 4.78 is 16.3. The highest BCUT2D eigenvalue weighted by Crippen LogP contribution is 2.37. The molecule has 5 heteroatoms. The van der Waals surface area contributed by atoms with E-state index in [1.807, 2.05) is 24.3 Å². The highest BCUT2D eigenvalue weighted by Gasteiger charge is 2.33. The summed E-state index contributed by atoms with van der Waals surface area (Å²) in [7, 11) is 1.57. The average Bonchev–Trinajstić information content (AvgIpc) is 3.42. The average molecular weight is 336 g/mol. The van der Waals surface area contributed by atoms with Crippen LogP contribution in [0.3, 0.4) is 0 Å². The third kappa shape index (κ3) is 3.01. The van der Waals surface area contributed by atoms with Gasteiger partial charge >= 0.3 is 5.97 Å². The van der Waals surface area contributed by atoms with Crippen molar-refractivity contribution in [2.75, 3.05) is 7.11 Å². The van der Waals surface area contributed by atoms with E-state index in [2.05, 4.69) is 0 Å². The van der Waals surface area contributed by atoms with Gasteiger partial charge in [0.15, 0.2) is 5.76 Å². The summed E-state index contributed by atoms with van der Waals surface area (Å²) >= 11 is 0. The number of hydrogen-bond donors (Lipinski definition) is 0. The van der Waals surface area contributed by atoms with Crippen LogP contribution in [0.2, 0.25) is 0 Å². The van der Waals surface area contributed by atoms with Crippen LogP contribution in [0.4, 0.5) is 0 Å². The number of methoxy groups -OCH3 is 1. The molecule has 0 radical (unpaired) electrons. The second-order valence-corrected chi connectivity index (χ2v) is 6.04. The lowest BCUT2D eigenvalue weighted by Gasteiger charge is -2.05. The Balaban J connectivity index is 1.60. The Kier molecular flexibility index (Phi) is 3.76. The zero-order valence-electron chi connectivity index (χ0n) is 13.7. The van der Waals surface area contributed by atoms with Crippen LogP contribution >= 0.6 is 0 Å². The van der Waals surface area contributed by atoms with Crippen LogP contribution in [0.5, 0.6) is 17.2 Å². The molecule has 1 aliphatic heterocycles. The molecule has 0 spiro atoms. The van der Waals surface area contributed by atoms with E-state index in [-0.39, 0.29) is 23.4 Å². The van der Waals surface area contributed by atoms with Gasteiger partial charge in [0.05, 0.1) is 18.6 Å². The molecule has 1 aliphatic carbocycles. The van der Waals surface area contributed by atoms with Crippen molar-refractivity contribution in [3.63, 3.8) is 0 Å². The minimum absolute atomic E-state index is 0.0109. The van der Waals surface area contributed by atoms with Gasteiger partial charge < -0.3 is 14.2 Å². The van der Waals surface area contributed by atoms with Crippen LogP contribution in [0.15, 0.2) is 48.2 Å². The summed E-state index contributed by atoms with van der Waals surface area (Å²) in [6.07, 6.45) is 3.41. The summed E-state index contributed by atoms with van der Waals surface area (Å²) in [4.78, 5) is 24.3. The molecule has 1 saturated carbocycles. The first-order chi connectivity index (χ1) is 12.2. The Labute approximate surface area is 144 Å².